The van der Waals surface area contributed by atoms with Crippen LogP contribution in [0.15, 0.2) is 48.5 Å². The van der Waals surface area contributed by atoms with Gasteiger partial charge in [-0.05, 0) is 55.0 Å². The van der Waals surface area contributed by atoms with E-state index in [1.807, 2.05) is 24.3 Å². The third kappa shape index (κ3) is 5.33. The zero-order chi connectivity index (χ0) is 21.7. The molecule has 0 aromatic heterocycles. The summed E-state index contributed by atoms with van der Waals surface area (Å²) in [7, 11) is 0. The van der Waals surface area contributed by atoms with Gasteiger partial charge in [0, 0.05) is 13.0 Å². The van der Waals surface area contributed by atoms with E-state index in [2.05, 4.69) is 0 Å². The van der Waals surface area contributed by atoms with Crippen molar-refractivity contribution in [1.29, 1.82) is 0 Å². The molecular weight excluding hydrogens is 380 g/mol. The fraction of sp³-hybridized carbons (Fsp3) is 0.375. The molecule has 6 heteroatoms. The Morgan fingerprint density at radius 1 is 1.07 bits per heavy atom. The molecule has 1 heterocycles. The number of hydrogen-bond acceptors (Lipinski definition) is 5. The molecule has 2 aromatic rings. The van der Waals surface area contributed by atoms with Crippen molar-refractivity contribution in [1.82, 2.24) is 4.90 Å². The minimum atomic E-state index is -0.711. The van der Waals surface area contributed by atoms with Crippen molar-refractivity contribution in [2.45, 2.75) is 51.1 Å². The molecule has 0 radical (unpaired) electrons. The number of phenolic OH excluding ortho intramolecular Hbond substituents is 1. The van der Waals surface area contributed by atoms with E-state index < -0.39 is 6.04 Å². The highest BCUT2D eigenvalue weighted by Crippen LogP contribution is 2.20. The maximum absolute atomic E-state index is 12.6. The van der Waals surface area contributed by atoms with Gasteiger partial charge in [0.2, 0.25) is 5.91 Å². The number of carbonyl (C=O) groups is 3. The second-order valence-electron chi connectivity index (χ2n) is 7.88. The van der Waals surface area contributed by atoms with Gasteiger partial charge < -0.3 is 15.7 Å². The maximum atomic E-state index is 12.6. The van der Waals surface area contributed by atoms with Crippen LogP contribution in [0.3, 0.4) is 0 Å². The molecule has 1 aliphatic rings. The van der Waals surface area contributed by atoms with Crippen molar-refractivity contribution < 1.29 is 19.5 Å². The summed E-state index contributed by atoms with van der Waals surface area (Å²) in [6, 6.07) is 13.0. The van der Waals surface area contributed by atoms with E-state index >= 15 is 0 Å². The highest BCUT2D eigenvalue weighted by atomic mass is 16.3. The number of aryl methyl sites for hydroxylation is 1. The molecule has 0 aliphatic carbocycles. The molecule has 3 N–H and O–H groups in total. The van der Waals surface area contributed by atoms with Gasteiger partial charge in [-0.1, -0.05) is 36.4 Å². The van der Waals surface area contributed by atoms with Gasteiger partial charge in [-0.2, -0.15) is 0 Å². The fourth-order valence-corrected chi connectivity index (χ4v) is 3.88. The Bertz CT molecular complexity index is 906. The quantitative estimate of drug-likeness (QED) is 0.699. The average molecular weight is 408 g/mol. The Hall–Kier alpha value is -2.99. The van der Waals surface area contributed by atoms with Gasteiger partial charge in [0.05, 0.1) is 18.5 Å². The molecule has 1 saturated heterocycles. The van der Waals surface area contributed by atoms with Crippen molar-refractivity contribution in [2.75, 3.05) is 6.54 Å². The second kappa shape index (κ2) is 9.67. The highest BCUT2D eigenvalue weighted by molar-refractivity contribution is 5.89. The molecule has 6 nitrogen and oxygen atoms in total. The summed E-state index contributed by atoms with van der Waals surface area (Å²) >= 11 is 0. The molecule has 2 aromatic carbocycles. The normalized spacial score (nSPS) is 17.0. The van der Waals surface area contributed by atoms with E-state index in [1.165, 1.54) is 12.1 Å². The monoisotopic (exact) mass is 408 g/mol. The van der Waals surface area contributed by atoms with Gasteiger partial charge in [0.25, 0.3) is 0 Å². The van der Waals surface area contributed by atoms with Gasteiger partial charge in [-0.15, -0.1) is 0 Å². The molecule has 0 saturated carbocycles. The Labute approximate surface area is 176 Å². The Balaban J connectivity index is 1.52. The lowest BCUT2D eigenvalue weighted by Crippen LogP contribution is -2.40. The predicted octanol–water partition coefficient (Wildman–Crippen LogP) is 2.72. The topological polar surface area (TPSA) is 101 Å². The van der Waals surface area contributed by atoms with E-state index in [4.69, 9.17) is 5.73 Å². The third-order valence-electron chi connectivity index (χ3n) is 5.68. The number of aromatic hydroxyl groups is 1. The van der Waals surface area contributed by atoms with E-state index in [9.17, 15) is 19.5 Å². The number of phenols is 1. The summed E-state index contributed by atoms with van der Waals surface area (Å²) in [5.74, 6) is 0.102. The maximum Gasteiger partial charge on any atom is 0.227 e. The molecule has 158 valence electrons. The molecule has 1 amide bonds. The first-order valence-corrected chi connectivity index (χ1v) is 10.3. The van der Waals surface area contributed by atoms with Gasteiger partial charge in [-0.3, -0.25) is 14.4 Å². The molecule has 3 rings (SSSR count). The largest absolute Gasteiger partial charge is 0.508 e. The fourth-order valence-electron chi connectivity index (χ4n) is 3.88. The van der Waals surface area contributed by atoms with Crippen LogP contribution in [-0.2, 0) is 27.2 Å². The number of hydrogen-bond donors (Lipinski definition) is 2. The highest BCUT2D eigenvalue weighted by Gasteiger charge is 2.31. The first kappa shape index (κ1) is 21.7. The Morgan fingerprint density at radius 2 is 1.70 bits per heavy atom. The van der Waals surface area contributed by atoms with Crippen molar-refractivity contribution >= 4 is 17.5 Å². The summed E-state index contributed by atoms with van der Waals surface area (Å²) in [6.45, 7) is 2.18. The zero-order valence-corrected chi connectivity index (χ0v) is 17.2. The second-order valence-corrected chi connectivity index (χ2v) is 7.88. The SMILES string of the molecule is CC(=O)[C@@H]1CCCN1C(=O)Cc1ccc(CCC(=O)[C@@H](N)c2ccc(O)cc2)cc1. The lowest BCUT2D eigenvalue weighted by Gasteiger charge is -2.22. The van der Waals surface area contributed by atoms with E-state index in [1.54, 1.807) is 24.0 Å². The number of benzene rings is 2. The third-order valence-corrected chi connectivity index (χ3v) is 5.68. The Kier molecular flexibility index (Phi) is 7.00. The number of nitrogens with zero attached hydrogens (tertiary/aromatic N) is 1. The molecule has 2 atom stereocenters. The molecule has 1 aliphatic heterocycles. The van der Waals surface area contributed by atoms with Crippen LogP contribution in [-0.4, -0.2) is 40.1 Å². The van der Waals surface area contributed by atoms with E-state index in [0.717, 1.165) is 24.0 Å². The number of nitrogens with two attached hydrogens (primary N) is 1. The van der Waals surface area contributed by atoms with Crippen LogP contribution in [0.25, 0.3) is 0 Å². The van der Waals surface area contributed by atoms with Crippen LogP contribution >= 0.6 is 0 Å². The summed E-state index contributed by atoms with van der Waals surface area (Å²) in [4.78, 5) is 38.3. The van der Waals surface area contributed by atoms with Crippen LogP contribution in [0, 0.1) is 0 Å². The molecule has 0 bridgehead atoms. The lowest BCUT2D eigenvalue weighted by atomic mass is 9.98. The van der Waals surface area contributed by atoms with Crippen molar-refractivity contribution in [3.63, 3.8) is 0 Å². The molecule has 0 spiro atoms. The van der Waals surface area contributed by atoms with Crippen LogP contribution in [0.1, 0.15) is 48.9 Å². The van der Waals surface area contributed by atoms with Crippen LogP contribution in [0.4, 0.5) is 0 Å². The number of rotatable bonds is 8. The van der Waals surface area contributed by atoms with Crippen molar-refractivity contribution in [3.8, 4) is 5.75 Å². The molecular formula is C24H28N2O4. The minimum Gasteiger partial charge on any atom is -0.508 e. The van der Waals surface area contributed by atoms with Crippen LogP contribution < -0.4 is 5.73 Å². The van der Waals surface area contributed by atoms with Gasteiger partial charge in [-0.25, -0.2) is 0 Å². The lowest BCUT2D eigenvalue weighted by molar-refractivity contribution is -0.136. The standard InChI is InChI=1S/C24H28N2O4/c1-16(27)21-3-2-14-26(21)23(30)15-18-6-4-17(5-7-18)8-13-22(29)24(25)19-9-11-20(28)12-10-19/h4-7,9-12,21,24,28H,2-3,8,13-15,25H2,1H3/t21-,24-/m0/s1. The molecule has 30 heavy (non-hydrogen) atoms. The van der Waals surface area contributed by atoms with E-state index in [-0.39, 0.29) is 35.7 Å². The summed E-state index contributed by atoms with van der Waals surface area (Å²) in [5.41, 5.74) is 8.60. The summed E-state index contributed by atoms with van der Waals surface area (Å²) in [5, 5.41) is 9.34. The number of ketones is 2. The van der Waals surface area contributed by atoms with Crippen molar-refractivity contribution in [2.24, 2.45) is 5.73 Å². The van der Waals surface area contributed by atoms with Gasteiger partial charge >= 0.3 is 0 Å². The van der Waals surface area contributed by atoms with Gasteiger partial charge in [0.15, 0.2) is 11.6 Å². The molecule has 1 fully saturated rings. The minimum absolute atomic E-state index is 0.0181. The first-order chi connectivity index (χ1) is 14.3. The number of Topliss-reactive ketones (excluding diaryl/α,β-unsaturated/α-hetero) is 2. The van der Waals surface area contributed by atoms with E-state index in [0.29, 0.717) is 24.9 Å². The summed E-state index contributed by atoms with van der Waals surface area (Å²) < 4.78 is 0. The number of carbonyl (C=O) groups excluding carboxylic acids is 3. The smallest absolute Gasteiger partial charge is 0.227 e. The predicted molar refractivity (Wildman–Crippen MR) is 114 cm³/mol. The first-order valence-electron chi connectivity index (χ1n) is 10.3. The number of likely N-dealkylation sites (tertiary alicyclic amines) is 1. The Morgan fingerprint density at radius 3 is 2.33 bits per heavy atom. The van der Waals surface area contributed by atoms with Crippen LogP contribution in [0.2, 0.25) is 0 Å². The van der Waals surface area contributed by atoms with Crippen molar-refractivity contribution in [3.05, 3.63) is 65.2 Å². The number of amides is 1. The average Bonchev–Trinajstić information content (AvgIpc) is 3.23. The zero-order valence-electron chi connectivity index (χ0n) is 17.2. The summed E-state index contributed by atoms with van der Waals surface area (Å²) in [6.07, 6.45) is 2.77. The van der Waals surface area contributed by atoms with Gasteiger partial charge in [0.1, 0.15) is 5.75 Å². The molecule has 0 unspecified atom stereocenters. The van der Waals surface area contributed by atoms with Crippen LogP contribution in [0.5, 0.6) is 5.75 Å².